The van der Waals surface area contributed by atoms with Gasteiger partial charge >= 0.3 is 0 Å². The molecule has 0 aliphatic heterocycles. The number of carbonyl (C=O) groups excluding carboxylic acids is 1. The van der Waals surface area contributed by atoms with E-state index >= 15 is 0 Å². The monoisotopic (exact) mass is 363 g/mol. The van der Waals surface area contributed by atoms with Crippen LogP contribution in [0.25, 0.3) is 11.4 Å². The molecule has 6 nitrogen and oxygen atoms in total. The number of aryl methyl sites for hydroxylation is 1. The maximum Gasteiger partial charge on any atom is 0.246 e. The standard InChI is InChI=1S/C21H25N5O/c1-15(2)18-9-11-19(12-10-18)21-22-24-26(23-21)14-20(27)25(4)13-17-7-5-16(3)6-8-17/h5-12,15H,13-14H2,1-4H3. The smallest absolute Gasteiger partial charge is 0.246 e. The molecule has 0 bridgehead atoms. The second kappa shape index (κ2) is 8.12. The lowest BCUT2D eigenvalue weighted by molar-refractivity contribution is -0.131. The molecule has 140 valence electrons. The number of aromatic nitrogens is 4. The summed E-state index contributed by atoms with van der Waals surface area (Å²) < 4.78 is 0. The van der Waals surface area contributed by atoms with Crippen molar-refractivity contribution in [1.82, 2.24) is 25.1 Å². The first-order valence-corrected chi connectivity index (χ1v) is 9.10. The van der Waals surface area contributed by atoms with Crippen molar-refractivity contribution in [3.05, 3.63) is 65.2 Å². The van der Waals surface area contributed by atoms with Gasteiger partial charge in [0.1, 0.15) is 6.54 Å². The zero-order chi connectivity index (χ0) is 19.4. The molecule has 6 heteroatoms. The molecule has 1 aromatic heterocycles. The van der Waals surface area contributed by atoms with Crippen LogP contribution in [0.4, 0.5) is 0 Å². The third-order valence-corrected chi connectivity index (χ3v) is 4.53. The van der Waals surface area contributed by atoms with Crippen LogP contribution in [0.1, 0.15) is 36.5 Å². The molecule has 0 aliphatic carbocycles. The average Bonchev–Trinajstić information content (AvgIpc) is 3.12. The highest BCUT2D eigenvalue weighted by Crippen LogP contribution is 2.19. The fourth-order valence-electron chi connectivity index (χ4n) is 2.74. The van der Waals surface area contributed by atoms with Crippen LogP contribution in [0.15, 0.2) is 48.5 Å². The number of likely N-dealkylation sites (N-methyl/N-ethyl adjacent to an activating group) is 1. The SMILES string of the molecule is Cc1ccc(CN(C)C(=O)Cn2nnc(-c3ccc(C(C)C)cc3)n2)cc1. The van der Waals surface area contributed by atoms with E-state index in [0.29, 0.717) is 18.3 Å². The molecule has 1 heterocycles. The Morgan fingerprint density at radius 2 is 1.74 bits per heavy atom. The van der Waals surface area contributed by atoms with E-state index in [1.807, 2.05) is 43.3 Å². The minimum absolute atomic E-state index is 0.0605. The van der Waals surface area contributed by atoms with Gasteiger partial charge in [-0.2, -0.15) is 4.80 Å². The minimum atomic E-state index is -0.0605. The first kappa shape index (κ1) is 18.8. The third kappa shape index (κ3) is 4.78. The van der Waals surface area contributed by atoms with Crippen LogP contribution >= 0.6 is 0 Å². The van der Waals surface area contributed by atoms with Crippen LogP contribution in [0.5, 0.6) is 0 Å². The molecule has 0 saturated carbocycles. The topological polar surface area (TPSA) is 63.9 Å². The van der Waals surface area contributed by atoms with Crippen LogP contribution in [0.3, 0.4) is 0 Å². The predicted molar refractivity (Wildman–Crippen MR) is 105 cm³/mol. The molecule has 0 aliphatic rings. The summed E-state index contributed by atoms with van der Waals surface area (Å²) in [5.74, 6) is 0.943. The molecule has 0 fully saturated rings. The van der Waals surface area contributed by atoms with Crippen molar-refractivity contribution >= 4 is 5.91 Å². The molecule has 2 aromatic carbocycles. The van der Waals surface area contributed by atoms with Crippen molar-refractivity contribution in [3.63, 3.8) is 0 Å². The van der Waals surface area contributed by atoms with Crippen LogP contribution in [0, 0.1) is 6.92 Å². The lowest BCUT2D eigenvalue weighted by Crippen LogP contribution is -2.30. The van der Waals surface area contributed by atoms with Crippen LogP contribution in [0.2, 0.25) is 0 Å². The Hall–Kier alpha value is -3.02. The van der Waals surface area contributed by atoms with E-state index in [4.69, 9.17) is 0 Å². The molecule has 0 spiro atoms. The molecule has 0 unspecified atom stereocenters. The number of hydrogen-bond acceptors (Lipinski definition) is 4. The largest absolute Gasteiger partial charge is 0.340 e. The highest BCUT2D eigenvalue weighted by Gasteiger charge is 2.13. The Morgan fingerprint density at radius 1 is 1.07 bits per heavy atom. The lowest BCUT2D eigenvalue weighted by atomic mass is 10.0. The molecule has 0 saturated heterocycles. The van der Waals surface area contributed by atoms with E-state index in [-0.39, 0.29) is 12.5 Å². The second-order valence-corrected chi connectivity index (χ2v) is 7.16. The summed E-state index contributed by atoms with van der Waals surface area (Å²) in [6.45, 7) is 6.98. The summed E-state index contributed by atoms with van der Waals surface area (Å²) in [6, 6.07) is 16.3. The first-order chi connectivity index (χ1) is 12.9. The van der Waals surface area contributed by atoms with E-state index < -0.39 is 0 Å². The number of carbonyl (C=O) groups is 1. The minimum Gasteiger partial charge on any atom is -0.340 e. The number of hydrogen-bond donors (Lipinski definition) is 0. The summed E-state index contributed by atoms with van der Waals surface area (Å²) >= 11 is 0. The maximum atomic E-state index is 12.4. The van der Waals surface area contributed by atoms with E-state index in [2.05, 4.69) is 41.4 Å². The Kier molecular flexibility index (Phi) is 5.64. The maximum absolute atomic E-state index is 12.4. The van der Waals surface area contributed by atoms with E-state index in [9.17, 15) is 4.79 Å². The molecular formula is C21H25N5O. The van der Waals surface area contributed by atoms with Gasteiger partial charge in [0.2, 0.25) is 11.7 Å². The second-order valence-electron chi connectivity index (χ2n) is 7.16. The average molecular weight is 363 g/mol. The first-order valence-electron chi connectivity index (χ1n) is 9.10. The van der Waals surface area contributed by atoms with Crippen LogP contribution in [-0.2, 0) is 17.9 Å². The van der Waals surface area contributed by atoms with Crippen molar-refractivity contribution in [2.75, 3.05) is 7.05 Å². The number of amides is 1. The Labute approximate surface area is 159 Å². The normalized spacial score (nSPS) is 11.0. The van der Waals surface area contributed by atoms with Gasteiger partial charge < -0.3 is 4.90 Å². The Morgan fingerprint density at radius 3 is 2.37 bits per heavy atom. The predicted octanol–water partition coefficient (Wildman–Crippen LogP) is 3.43. The Balaban J connectivity index is 1.62. The van der Waals surface area contributed by atoms with Gasteiger partial charge in [-0.25, -0.2) is 0 Å². The van der Waals surface area contributed by atoms with Crippen molar-refractivity contribution in [1.29, 1.82) is 0 Å². The van der Waals surface area contributed by atoms with Crippen molar-refractivity contribution in [2.24, 2.45) is 0 Å². The van der Waals surface area contributed by atoms with E-state index in [1.165, 1.54) is 15.9 Å². The summed E-state index contributed by atoms with van der Waals surface area (Å²) in [5, 5.41) is 12.4. The number of rotatable bonds is 6. The van der Waals surface area contributed by atoms with Crippen LogP contribution in [-0.4, -0.2) is 38.1 Å². The molecule has 0 N–H and O–H groups in total. The highest BCUT2D eigenvalue weighted by atomic mass is 16.2. The summed E-state index contributed by atoms with van der Waals surface area (Å²) in [7, 11) is 1.78. The van der Waals surface area contributed by atoms with Gasteiger partial charge in [-0.3, -0.25) is 4.79 Å². The van der Waals surface area contributed by atoms with Gasteiger partial charge in [-0.05, 0) is 29.2 Å². The van der Waals surface area contributed by atoms with Crippen molar-refractivity contribution in [3.8, 4) is 11.4 Å². The molecule has 1 amide bonds. The summed E-state index contributed by atoms with van der Waals surface area (Å²) in [4.78, 5) is 15.5. The quantitative estimate of drug-likeness (QED) is 0.673. The van der Waals surface area contributed by atoms with E-state index in [0.717, 1.165) is 11.1 Å². The third-order valence-electron chi connectivity index (χ3n) is 4.53. The van der Waals surface area contributed by atoms with Gasteiger partial charge in [0.25, 0.3) is 0 Å². The molecule has 3 rings (SSSR count). The highest BCUT2D eigenvalue weighted by molar-refractivity contribution is 5.75. The zero-order valence-electron chi connectivity index (χ0n) is 16.3. The summed E-state index contributed by atoms with van der Waals surface area (Å²) in [6.07, 6.45) is 0. The van der Waals surface area contributed by atoms with E-state index in [1.54, 1.807) is 11.9 Å². The number of benzene rings is 2. The number of tetrazole rings is 1. The summed E-state index contributed by atoms with van der Waals surface area (Å²) in [5.41, 5.74) is 4.45. The number of nitrogens with zero attached hydrogens (tertiary/aromatic N) is 5. The van der Waals surface area contributed by atoms with Gasteiger partial charge in [-0.1, -0.05) is 67.9 Å². The van der Waals surface area contributed by atoms with Gasteiger partial charge in [0.05, 0.1) is 0 Å². The van der Waals surface area contributed by atoms with Gasteiger partial charge in [0.15, 0.2) is 0 Å². The molecule has 3 aromatic rings. The van der Waals surface area contributed by atoms with Crippen LogP contribution < -0.4 is 0 Å². The lowest BCUT2D eigenvalue weighted by Gasteiger charge is -2.16. The molecule has 0 radical (unpaired) electrons. The molecule has 27 heavy (non-hydrogen) atoms. The Bertz CT molecular complexity index is 897. The van der Waals surface area contributed by atoms with Gasteiger partial charge in [0, 0.05) is 19.2 Å². The molecular weight excluding hydrogens is 338 g/mol. The van der Waals surface area contributed by atoms with Gasteiger partial charge in [-0.15, -0.1) is 10.2 Å². The fraction of sp³-hybridized carbons (Fsp3) is 0.333. The molecule has 0 atom stereocenters. The fourth-order valence-corrected chi connectivity index (χ4v) is 2.74. The van der Waals surface area contributed by atoms with Crippen molar-refractivity contribution < 1.29 is 4.79 Å². The van der Waals surface area contributed by atoms with Crippen molar-refractivity contribution in [2.45, 2.75) is 39.8 Å². The zero-order valence-corrected chi connectivity index (χ0v) is 16.3.